The average Bonchev–Trinajstić information content (AvgIpc) is 2.33. The molecule has 0 saturated carbocycles. The van der Waals surface area contributed by atoms with Gasteiger partial charge >= 0.3 is 0 Å². The molecule has 0 amide bonds. The third-order valence-corrected chi connectivity index (χ3v) is 3.61. The van der Waals surface area contributed by atoms with E-state index in [0.29, 0.717) is 22.7 Å². The Morgan fingerprint density at radius 2 is 2.00 bits per heavy atom. The van der Waals surface area contributed by atoms with Crippen molar-refractivity contribution in [3.8, 4) is 0 Å². The maximum Gasteiger partial charge on any atom is 0.161 e. The van der Waals surface area contributed by atoms with Gasteiger partial charge in [-0.3, -0.25) is 0 Å². The zero-order valence-corrected chi connectivity index (χ0v) is 12.1. The summed E-state index contributed by atoms with van der Waals surface area (Å²) in [7, 11) is 2.05. The van der Waals surface area contributed by atoms with Crippen LogP contribution in [0.2, 0.25) is 10.3 Å². The van der Waals surface area contributed by atoms with Gasteiger partial charge in [0, 0.05) is 18.7 Å². The second-order valence-corrected chi connectivity index (χ2v) is 5.23. The molecule has 18 heavy (non-hydrogen) atoms. The Kier molecular flexibility index (Phi) is 4.78. The highest BCUT2D eigenvalue weighted by Crippen LogP contribution is 2.26. The minimum absolute atomic E-state index is 0.144. The van der Waals surface area contributed by atoms with Gasteiger partial charge in [-0.2, -0.15) is 0 Å². The second kappa shape index (κ2) is 6.15. The van der Waals surface area contributed by atoms with Gasteiger partial charge in [-0.25, -0.2) is 9.97 Å². The summed E-state index contributed by atoms with van der Waals surface area (Å²) in [5.74, 6) is 0.580. The van der Waals surface area contributed by atoms with Gasteiger partial charge < -0.3 is 9.64 Å². The van der Waals surface area contributed by atoms with E-state index in [0.717, 1.165) is 31.5 Å². The molecule has 1 atom stereocenters. The van der Waals surface area contributed by atoms with Crippen LogP contribution in [0.4, 0.5) is 0 Å². The van der Waals surface area contributed by atoms with Crippen LogP contribution < -0.4 is 0 Å². The first-order chi connectivity index (χ1) is 8.61. The van der Waals surface area contributed by atoms with Crippen LogP contribution in [-0.4, -0.2) is 41.6 Å². The minimum atomic E-state index is -0.144. The molecule has 2 heterocycles. The maximum atomic E-state index is 6.16. The monoisotopic (exact) mass is 289 g/mol. The Labute approximate surface area is 117 Å². The molecule has 4 nitrogen and oxygen atoms in total. The standard InChI is InChI=1S/C12H17Cl2N3O/c1-3-4-8-10(13)15-12(16-11(8)14)9-7-17(2)5-6-18-9/h9H,3-7H2,1-2H3. The maximum absolute atomic E-state index is 6.16. The number of rotatable bonds is 3. The van der Waals surface area contributed by atoms with Gasteiger partial charge in [0.1, 0.15) is 16.4 Å². The zero-order chi connectivity index (χ0) is 13.1. The van der Waals surface area contributed by atoms with Gasteiger partial charge in [-0.05, 0) is 13.5 Å². The van der Waals surface area contributed by atoms with E-state index in [1.807, 2.05) is 7.05 Å². The fourth-order valence-corrected chi connectivity index (χ4v) is 2.57. The van der Waals surface area contributed by atoms with Crippen LogP contribution in [-0.2, 0) is 11.2 Å². The number of halogens is 2. The van der Waals surface area contributed by atoms with Gasteiger partial charge in [0.2, 0.25) is 0 Å². The van der Waals surface area contributed by atoms with Crippen LogP contribution in [0.15, 0.2) is 0 Å². The normalized spacial score (nSPS) is 21.2. The summed E-state index contributed by atoms with van der Waals surface area (Å²) in [5, 5.41) is 0.896. The topological polar surface area (TPSA) is 38.2 Å². The Hall–Kier alpha value is -0.420. The van der Waals surface area contributed by atoms with Crippen molar-refractivity contribution < 1.29 is 4.74 Å². The van der Waals surface area contributed by atoms with Gasteiger partial charge in [-0.1, -0.05) is 36.5 Å². The van der Waals surface area contributed by atoms with E-state index in [9.17, 15) is 0 Å². The van der Waals surface area contributed by atoms with Crippen LogP contribution >= 0.6 is 23.2 Å². The van der Waals surface area contributed by atoms with Gasteiger partial charge in [0.25, 0.3) is 0 Å². The minimum Gasteiger partial charge on any atom is -0.368 e. The molecule has 0 aromatic carbocycles. The van der Waals surface area contributed by atoms with Gasteiger partial charge in [-0.15, -0.1) is 0 Å². The lowest BCUT2D eigenvalue weighted by Crippen LogP contribution is -2.36. The Morgan fingerprint density at radius 1 is 1.33 bits per heavy atom. The Morgan fingerprint density at radius 3 is 2.56 bits per heavy atom. The van der Waals surface area contributed by atoms with Crippen molar-refractivity contribution in [3.05, 3.63) is 21.7 Å². The van der Waals surface area contributed by atoms with Crippen molar-refractivity contribution in [1.82, 2.24) is 14.9 Å². The molecule has 1 aliphatic rings. The SMILES string of the molecule is CCCc1c(Cl)nc(C2CN(C)CCO2)nc1Cl. The predicted molar refractivity (Wildman–Crippen MR) is 72.2 cm³/mol. The lowest BCUT2D eigenvalue weighted by Gasteiger charge is -2.29. The molecule has 1 aliphatic heterocycles. The van der Waals surface area contributed by atoms with Crippen molar-refractivity contribution in [2.24, 2.45) is 0 Å². The summed E-state index contributed by atoms with van der Waals surface area (Å²) in [6, 6.07) is 0. The van der Waals surface area contributed by atoms with E-state index in [-0.39, 0.29) is 6.10 Å². The molecule has 1 aromatic heterocycles. The molecule has 0 bridgehead atoms. The Balaban J connectivity index is 2.24. The highest BCUT2D eigenvalue weighted by molar-refractivity contribution is 6.34. The first kappa shape index (κ1) is 14.0. The van der Waals surface area contributed by atoms with Crippen molar-refractivity contribution >= 4 is 23.2 Å². The molecule has 2 rings (SSSR count). The van der Waals surface area contributed by atoms with Crippen molar-refractivity contribution in [1.29, 1.82) is 0 Å². The molecule has 1 aromatic rings. The molecule has 1 fully saturated rings. The molecule has 0 aliphatic carbocycles. The highest BCUT2D eigenvalue weighted by atomic mass is 35.5. The smallest absolute Gasteiger partial charge is 0.161 e. The molecule has 0 radical (unpaired) electrons. The third kappa shape index (κ3) is 3.12. The van der Waals surface area contributed by atoms with E-state index in [1.54, 1.807) is 0 Å². The number of morpholine rings is 1. The lowest BCUT2D eigenvalue weighted by atomic mass is 10.2. The van der Waals surface area contributed by atoms with E-state index in [4.69, 9.17) is 27.9 Å². The van der Waals surface area contributed by atoms with E-state index < -0.39 is 0 Å². The Bertz CT molecular complexity index is 405. The molecular formula is C12H17Cl2N3O. The van der Waals surface area contributed by atoms with E-state index in [1.165, 1.54) is 0 Å². The fourth-order valence-electron chi connectivity index (χ4n) is 1.98. The van der Waals surface area contributed by atoms with E-state index >= 15 is 0 Å². The summed E-state index contributed by atoms with van der Waals surface area (Å²) in [6.45, 7) is 4.43. The van der Waals surface area contributed by atoms with E-state index in [2.05, 4.69) is 21.8 Å². The quantitative estimate of drug-likeness (QED) is 0.802. The predicted octanol–water partition coefficient (Wildman–Crippen LogP) is 2.74. The molecule has 1 saturated heterocycles. The third-order valence-electron chi connectivity index (χ3n) is 2.98. The fraction of sp³-hybridized carbons (Fsp3) is 0.667. The summed E-state index contributed by atoms with van der Waals surface area (Å²) in [6.07, 6.45) is 1.61. The van der Waals surface area contributed by atoms with Crippen LogP contribution in [0.1, 0.15) is 30.8 Å². The molecule has 0 spiro atoms. The summed E-state index contributed by atoms with van der Waals surface area (Å²) in [4.78, 5) is 10.8. The van der Waals surface area contributed by atoms with Crippen LogP contribution in [0, 0.1) is 0 Å². The lowest BCUT2D eigenvalue weighted by molar-refractivity contribution is -0.0255. The number of aromatic nitrogens is 2. The van der Waals surface area contributed by atoms with Crippen molar-refractivity contribution in [3.63, 3.8) is 0 Å². The van der Waals surface area contributed by atoms with Crippen molar-refractivity contribution in [2.45, 2.75) is 25.9 Å². The molecule has 100 valence electrons. The highest BCUT2D eigenvalue weighted by Gasteiger charge is 2.24. The average molecular weight is 290 g/mol. The number of hydrogen-bond acceptors (Lipinski definition) is 4. The largest absolute Gasteiger partial charge is 0.368 e. The number of ether oxygens (including phenoxy) is 1. The molecule has 6 heteroatoms. The second-order valence-electron chi connectivity index (χ2n) is 4.51. The number of likely N-dealkylation sites (N-methyl/N-ethyl adjacent to an activating group) is 1. The molecule has 1 unspecified atom stereocenters. The van der Waals surface area contributed by atoms with Crippen LogP contribution in [0.25, 0.3) is 0 Å². The molecular weight excluding hydrogens is 273 g/mol. The summed E-state index contributed by atoms with van der Waals surface area (Å²) < 4.78 is 5.66. The number of hydrogen-bond donors (Lipinski definition) is 0. The first-order valence-electron chi connectivity index (χ1n) is 6.13. The van der Waals surface area contributed by atoms with Gasteiger partial charge in [0.05, 0.1) is 6.61 Å². The first-order valence-corrected chi connectivity index (χ1v) is 6.89. The summed E-state index contributed by atoms with van der Waals surface area (Å²) in [5.41, 5.74) is 0.828. The zero-order valence-electron chi connectivity index (χ0n) is 10.6. The van der Waals surface area contributed by atoms with Crippen LogP contribution in [0.5, 0.6) is 0 Å². The number of nitrogens with zero attached hydrogens (tertiary/aromatic N) is 3. The van der Waals surface area contributed by atoms with Crippen LogP contribution in [0.3, 0.4) is 0 Å². The summed E-state index contributed by atoms with van der Waals surface area (Å²) >= 11 is 12.3. The van der Waals surface area contributed by atoms with Crippen molar-refractivity contribution in [2.75, 3.05) is 26.7 Å². The molecule has 0 N–H and O–H groups in total. The van der Waals surface area contributed by atoms with Gasteiger partial charge in [0.15, 0.2) is 5.82 Å².